The number of hydrogen-bond donors (Lipinski definition) is 1. The van der Waals surface area contributed by atoms with Gasteiger partial charge in [0.05, 0.1) is 46.3 Å². The van der Waals surface area contributed by atoms with Crippen LogP contribution in [0.1, 0.15) is 37.6 Å². The van der Waals surface area contributed by atoms with Gasteiger partial charge < -0.3 is 19.5 Å². The fourth-order valence-electron chi connectivity index (χ4n) is 3.68. The third-order valence-electron chi connectivity index (χ3n) is 5.06. The quantitative estimate of drug-likeness (QED) is 0.335. The Morgan fingerprint density at radius 1 is 1.09 bits per heavy atom. The Morgan fingerprint density at radius 3 is 2.63 bits per heavy atom. The first-order valence-electron chi connectivity index (χ1n) is 11.4. The van der Waals surface area contributed by atoms with Crippen LogP contribution < -0.4 is 10.1 Å². The lowest BCUT2D eigenvalue weighted by atomic mass is 10.1. The number of methoxy groups -OCH3 is 1. The van der Waals surface area contributed by atoms with Crippen molar-refractivity contribution in [2.24, 2.45) is 0 Å². The van der Waals surface area contributed by atoms with E-state index in [2.05, 4.69) is 16.4 Å². The maximum atomic E-state index is 11.8. The van der Waals surface area contributed by atoms with Crippen LogP contribution in [-0.4, -0.2) is 46.9 Å². The fraction of sp³-hybridized carbons (Fsp3) is 0.385. The smallest absolute Gasteiger partial charge is 0.407 e. The fourth-order valence-corrected chi connectivity index (χ4v) is 4.77. The lowest BCUT2D eigenvalue weighted by Crippen LogP contribution is -2.34. The maximum absolute atomic E-state index is 11.8. The van der Waals surface area contributed by atoms with Gasteiger partial charge in [-0.05, 0) is 70.0 Å². The molecule has 2 aromatic heterocycles. The number of carbonyl (C=O) groups excluding carboxylic acids is 1. The molecule has 0 saturated heterocycles. The number of ether oxygens (including phenoxy) is 3. The van der Waals surface area contributed by atoms with Crippen LogP contribution in [0.2, 0.25) is 0 Å². The predicted molar refractivity (Wildman–Crippen MR) is 138 cm³/mol. The molecule has 0 aliphatic carbocycles. The summed E-state index contributed by atoms with van der Waals surface area (Å²) in [5.41, 5.74) is 5.91. The lowest BCUT2D eigenvalue weighted by Gasteiger charge is -2.19. The summed E-state index contributed by atoms with van der Waals surface area (Å²) in [5, 5.41) is 3.59. The zero-order valence-electron chi connectivity index (χ0n) is 20.9. The average Bonchev–Trinajstić information content (AvgIpc) is 3.20. The Bertz CT molecular complexity index is 1380. The van der Waals surface area contributed by atoms with Crippen LogP contribution in [0.15, 0.2) is 30.5 Å². The topological polar surface area (TPSA) is 95.5 Å². The van der Waals surface area contributed by atoms with E-state index in [1.807, 2.05) is 52.8 Å². The SMILES string of the molecule is COCc1cnc2c(-c3nc4c(C)cc(OCCNC(=O)OC(C)(C)C)cc4s3)cc(C)cc2n1. The molecule has 0 radical (unpaired) electrons. The van der Waals surface area contributed by atoms with Crippen molar-refractivity contribution in [3.05, 3.63) is 47.3 Å². The molecule has 0 spiro atoms. The molecule has 0 saturated carbocycles. The van der Waals surface area contributed by atoms with E-state index in [0.717, 1.165) is 54.4 Å². The predicted octanol–water partition coefficient (Wildman–Crippen LogP) is 5.57. The van der Waals surface area contributed by atoms with E-state index in [4.69, 9.17) is 24.2 Å². The molecular weight excluding hydrogens is 464 g/mol. The minimum absolute atomic E-state index is 0.331. The second kappa shape index (κ2) is 10.1. The highest BCUT2D eigenvalue weighted by Crippen LogP contribution is 2.37. The van der Waals surface area contributed by atoms with Crippen LogP contribution in [-0.2, 0) is 16.1 Å². The zero-order chi connectivity index (χ0) is 25.2. The molecule has 1 amide bonds. The highest BCUT2D eigenvalue weighted by Gasteiger charge is 2.17. The van der Waals surface area contributed by atoms with Crippen molar-refractivity contribution in [2.45, 2.75) is 46.8 Å². The summed E-state index contributed by atoms with van der Waals surface area (Å²) in [7, 11) is 1.65. The molecule has 0 bridgehead atoms. The van der Waals surface area contributed by atoms with Crippen molar-refractivity contribution in [2.75, 3.05) is 20.3 Å². The Labute approximate surface area is 208 Å². The molecular formula is C26H30N4O4S. The van der Waals surface area contributed by atoms with Gasteiger partial charge in [0, 0.05) is 12.7 Å². The number of alkyl carbamates (subject to hydrolysis) is 1. The molecule has 35 heavy (non-hydrogen) atoms. The Hall–Kier alpha value is -3.30. The first-order valence-corrected chi connectivity index (χ1v) is 12.2. The number of aryl methyl sites for hydroxylation is 2. The van der Waals surface area contributed by atoms with Gasteiger partial charge in [0.2, 0.25) is 0 Å². The van der Waals surface area contributed by atoms with Crippen LogP contribution >= 0.6 is 11.3 Å². The van der Waals surface area contributed by atoms with Gasteiger partial charge in [-0.25, -0.2) is 14.8 Å². The van der Waals surface area contributed by atoms with Crippen LogP contribution in [0.3, 0.4) is 0 Å². The second-order valence-electron chi connectivity index (χ2n) is 9.36. The number of carbonyl (C=O) groups is 1. The minimum Gasteiger partial charge on any atom is -0.492 e. The largest absolute Gasteiger partial charge is 0.492 e. The van der Waals surface area contributed by atoms with E-state index in [9.17, 15) is 4.79 Å². The van der Waals surface area contributed by atoms with Crippen LogP contribution in [0, 0.1) is 13.8 Å². The molecule has 1 N–H and O–H groups in total. The van der Waals surface area contributed by atoms with E-state index in [-0.39, 0.29) is 0 Å². The second-order valence-corrected chi connectivity index (χ2v) is 10.4. The highest BCUT2D eigenvalue weighted by atomic mass is 32.1. The van der Waals surface area contributed by atoms with Crippen LogP contribution in [0.5, 0.6) is 5.75 Å². The number of aromatic nitrogens is 3. The highest BCUT2D eigenvalue weighted by molar-refractivity contribution is 7.21. The Morgan fingerprint density at radius 2 is 1.89 bits per heavy atom. The molecule has 0 fully saturated rings. The number of nitrogens with zero attached hydrogens (tertiary/aromatic N) is 3. The number of benzene rings is 2. The van der Waals surface area contributed by atoms with Gasteiger partial charge in [-0.3, -0.25) is 4.98 Å². The van der Waals surface area contributed by atoms with Gasteiger partial charge in [-0.1, -0.05) is 0 Å². The molecule has 184 valence electrons. The van der Waals surface area contributed by atoms with Gasteiger partial charge >= 0.3 is 6.09 Å². The third-order valence-corrected chi connectivity index (χ3v) is 6.10. The Balaban J connectivity index is 1.55. The first kappa shape index (κ1) is 24.8. The maximum Gasteiger partial charge on any atom is 0.407 e. The molecule has 4 aromatic rings. The number of thiazole rings is 1. The van der Waals surface area contributed by atoms with E-state index >= 15 is 0 Å². The minimum atomic E-state index is -0.530. The number of rotatable bonds is 7. The number of amides is 1. The molecule has 9 heteroatoms. The Kier molecular flexibility index (Phi) is 7.18. The summed E-state index contributed by atoms with van der Waals surface area (Å²) in [6.45, 7) is 10.6. The lowest BCUT2D eigenvalue weighted by molar-refractivity contribution is 0.0520. The summed E-state index contributed by atoms with van der Waals surface area (Å²) in [6.07, 6.45) is 1.29. The van der Waals surface area contributed by atoms with Gasteiger partial charge in [0.1, 0.15) is 23.0 Å². The van der Waals surface area contributed by atoms with E-state index < -0.39 is 11.7 Å². The molecule has 2 aromatic carbocycles. The number of nitrogens with one attached hydrogen (secondary N) is 1. The van der Waals surface area contributed by atoms with E-state index in [0.29, 0.717) is 19.8 Å². The molecule has 0 atom stereocenters. The number of hydrogen-bond acceptors (Lipinski definition) is 8. The molecule has 8 nitrogen and oxygen atoms in total. The van der Waals surface area contributed by atoms with Crippen LogP contribution in [0.4, 0.5) is 4.79 Å². The summed E-state index contributed by atoms with van der Waals surface area (Å²) in [4.78, 5) is 26.1. The van der Waals surface area contributed by atoms with Crippen molar-refractivity contribution in [1.29, 1.82) is 0 Å². The zero-order valence-corrected chi connectivity index (χ0v) is 21.7. The van der Waals surface area contributed by atoms with Gasteiger partial charge in [0.25, 0.3) is 0 Å². The van der Waals surface area contributed by atoms with Gasteiger partial charge in [-0.15, -0.1) is 11.3 Å². The van der Waals surface area contributed by atoms with Crippen molar-refractivity contribution < 1.29 is 19.0 Å². The van der Waals surface area contributed by atoms with Gasteiger partial charge in [0.15, 0.2) is 0 Å². The van der Waals surface area contributed by atoms with Gasteiger partial charge in [-0.2, -0.15) is 0 Å². The third kappa shape index (κ3) is 6.04. The van der Waals surface area contributed by atoms with Crippen molar-refractivity contribution >= 4 is 38.7 Å². The summed E-state index contributed by atoms with van der Waals surface area (Å²) in [5.74, 6) is 0.731. The first-order chi connectivity index (χ1) is 16.6. The normalized spacial score (nSPS) is 11.7. The average molecular weight is 495 g/mol. The molecule has 0 aliphatic heterocycles. The van der Waals surface area contributed by atoms with Crippen molar-refractivity contribution in [1.82, 2.24) is 20.3 Å². The summed E-state index contributed by atoms with van der Waals surface area (Å²) >= 11 is 1.59. The standard InChI is InChI=1S/C26H30N4O4S/c1-15-9-19(23-20(10-15)29-17(13-28-23)14-32-6)24-30-22-16(2)11-18(12-21(22)35-24)33-8-7-27-25(31)34-26(3,4)5/h9-13H,7-8,14H2,1-6H3,(H,27,31). The van der Waals surface area contributed by atoms with Crippen molar-refractivity contribution in [3.8, 4) is 16.3 Å². The summed E-state index contributed by atoms with van der Waals surface area (Å²) < 4.78 is 17.4. The van der Waals surface area contributed by atoms with E-state index in [1.54, 1.807) is 24.6 Å². The van der Waals surface area contributed by atoms with Crippen LogP contribution in [0.25, 0.3) is 31.8 Å². The van der Waals surface area contributed by atoms with E-state index in [1.165, 1.54) is 0 Å². The molecule has 0 unspecified atom stereocenters. The summed E-state index contributed by atoms with van der Waals surface area (Å²) in [6, 6.07) is 8.07. The molecule has 0 aliphatic rings. The van der Waals surface area contributed by atoms with Crippen molar-refractivity contribution in [3.63, 3.8) is 0 Å². The molecule has 4 rings (SSSR count). The monoisotopic (exact) mass is 494 g/mol. The molecule has 2 heterocycles. The number of fused-ring (bicyclic) bond motifs is 2.